The lowest BCUT2D eigenvalue weighted by molar-refractivity contribution is -0.137. The third kappa shape index (κ3) is 4.12. The molecule has 2 aliphatic carbocycles. The van der Waals surface area contributed by atoms with Gasteiger partial charge in [0, 0.05) is 25.1 Å². The number of aryl methyl sites for hydroxylation is 1. The van der Waals surface area contributed by atoms with E-state index in [0.717, 1.165) is 35.1 Å². The van der Waals surface area contributed by atoms with Gasteiger partial charge in [-0.1, -0.05) is 48.5 Å². The quantitative estimate of drug-likeness (QED) is 0.558. The number of aromatic nitrogens is 2. The molecule has 174 valence electrons. The number of hydrogen-bond acceptors (Lipinski definition) is 5. The molecule has 0 saturated heterocycles. The average Bonchev–Trinajstić information content (AvgIpc) is 3.54. The minimum absolute atomic E-state index is 0.0649. The van der Waals surface area contributed by atoms with Gasteiger partial charge in [-0.25, -0.2) is 4.79 Å². The molecule has 1 aromatic heterocycles. The minimum atomic E-state index is -1.08. The van der Waals surface area contributed by atoms with Crippen LogP contribution in [0.15, 0.2) is 54.6 Å². The van der Waals surface area contributed by atoms with Crippen LogP contribution in [-0.4, -0.2) is 57.0 Å². The zero-order valence-electron chi connectivity index (χ0n) is 18.6. The minimum Gasteiger partial charge on any atom is -0.480 e. The van der Waals surface area contributed by atoms with Crippen LogP contribution in [0.3, 0.4) is 0 Å². The Morgan fingerprint density at radius 3 is 2.29 bits per heavy atom. The smallest absolute Gasteiger partial charge is 0.412 e. The van der Waals surface area contributed by atoms with Gasteiger partial charge in [0.1, 0.15) is 19.0 Å². The number of aliphatic carboxylic acids is 1. The summed E-state index contributed by atoms with van der Waals surface area (Å²) in [6.45, 7) is -0.215. The molecule has 0 bridgehead atoms. The van der Waals surface area contributed by atoms with E-state index in [1.165, 1.54) is 15.6 Å². The Kier molecular flexibility index (Phi) is 5.53. The largest absolute Gasteiger partial charge is 0.480 e. The van der Waals surface area contributed by atoms with Crippen molar-refractivity contribution in [3.8, 4) is 11.1 Å². The first-order valence-corrected chi connectivity index (χ1v) is 11.1. The van der Waals surface area contributed by atoms with Crippen LogP contribution in [0.1, 0.15) is 40.4 Å². The molecule has 0 atom stereocenters. The van der Waals surface area contributed by atoms with E-state index < -0.39 is 18.0 Å². The number of ether oxygens (including phenoxy) is 1. The van der Waals surface area contributed by atoms with Crippen LogP contribution in [-0.2, 0) is 16.6 Å². The summed E-state index contributed by atoms with van der Waals surface area (Å²) in [5.74, 6) is -1.33. The summed E-state index contributed by atoms with van der Waals surface area (Å²) in [5.41, 5.74) is 4.59. The van der Waals surface area contributed by atoms with E-state index in [2.05, 4.69) is 22.5 Å². The molecule has 0 radical (unpaired) electrons. The van der Waals surface area contributed by atoms with E-state index >= 15 is 0 Å². The van der Waals surface area contributed by atoms with E-state index in [0.29, 0.717) is 0 Å². The number of carboxylic acids is 1. The van der Waals surface area contributed by atoms with Crippen molar-refractivity contribution in [2.75, 3.05) is 18.5 Å². The summed E-state index contributed by atoms with van der Waals surface area (Å²) in [6, 6.07) is 17.5. The third-order valence-corrected chi connectivity index (χ3v) is 6.23. The molecule has 0 unspecified atom stereocenters. The van der Waals surface area contributed by atoms with Gasteiger partial charge in [0.2, 0.25) is 0 Å². The molecular formula is C25H24N4O5. The topological polar surface area (TPSA) is 114 Å². The predicted octanol–water partition coefficient (Wildman–Crippen LogP) is 3.47. The van der Waals surface area contributed by atoms with Gasteiger partial charge in [-0.15, -0.1) is 0 Å². The first-order chi connectivity index (χ1) is 16.4. The Balaban J connectivity index is 1.26. The van der Waals surface area contributed by atoms with Crippen LogP contribution >= 0.6 is 0 Å². The molecule has 2 N–H and O–H groups in total. The SMILES string of the molecule is Cn1nc(C(=O)N(CC(=O)O)C2CC2)cc1NC(=O)OCC1c2ccccc2-c2ccccc21. The van der Waals surface area contributed by atoms with Gasteiger partial charge in [-0.05, 0) is 35.1 Å². The molecule has 9 heteroatoms. The number of carbonyl (C=O) groups excluding carboxylic acids is 2. The summed E-state index contributed by atoms with van der Waals surface area (Å²) < 4.78 is 6.91. The van der Waals surface area contributed by atoms with E-state index in [1.54, 1.807) is 7.05 Å². The van der Waals surface area contributed by atoms with Gasteiger partial charge in [0.05, 0.1) is 0 Å². The highest BCUT2D eigenvalue weighted by atomic mass is 16.5. The highest BCUT2D eigenvalue weighted by Gasteiger charge is 2.35. The van der Waals surface area contributed by atoms with E-state index in [-0.39, 0.29) is 36.6 Å². The fourth-order valence-electron chi connectivity index (χ4n) is 4.47. The molecule has 5 rings (SSSR count). The molecule has 3 aromatic rings. The Morgan fingerprint density at radius 1 is 1.09 bits per heavy atom. The highest BCUT2D eigenvalue weighted by molar-refractivity contribution is 5.96. The standard InChI is InChI=1S/C25H24N4O5/c1-28-22(12-21(27-28)24(32)29(13-23(30)31)15-10-11-15)26-25(33)34-14-20-18-8-4-2-6-16(18)17-7-3-5-9-19(17)20/h2-9,12,15,20H,10-11,13-14H2,1H3,(H,26,33)(H,30,31). The average molecular weight is 460 g/mol. The highest BCUT2D eigenvalue weighted by Crippen LogP contribution is 2.44. The predicted molar refractivity (Wildman–Crippen MR) is 124 cm³/mol. The molecule has 0 aliphatic heterocycles. The van der Waals surface area contributed by atoms with Crippen molar-refractivity contribution in [2.24, 2.45) is 7.05 Å². The number of fused-ring (bicyclic) bond motifs is 3. The first kappa shape index (κ1) is 21.7. The maximum atomic E-state index is 12.8. The van der Waals surface area contributed by atoms with Crippen molar-refractivity contribution >= 4 is 23.8 Å². The van der Waals surface area contributed by atoms with Gasteiger partial charge < -0.3 is 14.7 Å². The number of nitrogens with zero attached hydrogens (tertiary/aromatic N) is 3. The number of amides is 2. The molecule has 2 amide bonds. The van der Waals surface area contributed by atoms with Crippen molar-refractivity contribution in [3.63, 3.8) is 0 Å². The molecule has 2 aromatic carbocycles. The van der Waals surface area contributed by atoms with Crippen LogP contribution in [0, 0.1) is 0 Å². The maximum absolute atomic E-state index is 12.8. The number of benzene rings is 2. The summed E-state index contributed by atoms with van der Waals surface area (Å²) in [5, 5.41) is 15.9. The van der Waals surface area contributed by atoms with Crippen LogP contribution < -0.4 is 5.32 Å². The van der Waals surface area contributed by atoms with Crippen molar-refractivity contribution in [1.29, 1.82) is 0 Å². The molecule has 1 heterocycles. The maximum Gasteiger partial charge on any atom is 0.412 e. The van der Waals surface area contributed by atoms with Crippen LogP contribution in [0.5, 0.6) is 0 Å². The molecule has 1 saturated carbocycles. The van der Waals surface area contributed by atoms with Gasteiger partial charge in [0.25, 0.3) is 5.91 Å². The molecule has 1 fully saturated rings. The number of carbonyl (C=O) groups is 3. The van der Waals surface area contributed by atoms with Gasteiger partial charge in [-0.3, -0.25) is 19.6 Å². The van der Waals surface area contributed by atoms with Crippen LogP contribution in [0.2, 0.25) is 0 Å². The zero-order chi connectivity index (χ0) is 23.8. The van der Waals surface area contributed by atoms with E-state index in [1.807, 2.05) is 36.4 Å². The number of carboxylic acid groups (broad SMARTS) is 1. The Morgan fingerprint density at radius 2 is 1.71 bits per heavy atom. The fourth-order valence-corrected chi connectivity index (χ4v) is 4.47. The number of nitrogens with one attached hydrogen (secondary N) is 1. The molecule has 0 spiro atoms. The third-order valence-electron chi connectivity index (χ3n) is 6.23. The Labute approximate surface area is 195 Å². The van der Waals surface area contributed by atoms with Gasteiger partial charge in [-0.2, -0.15) is 5.10 Å². The van der Waals surface area contributed by atoms with Crippen molar-refractivity contribution in [1.82, 2.24) is 14.7 Å². The fraction of sp³-hybridized carbons (Fsp3) is 0.280. The summed E-state index contributed by atoms with van der Waals surface area (Å²) in [6.07, 6.45) is 0.890. The van der Waals surface area contributed by atoms with Crippen LogP contribution in [0.4, 0.5) is 10.6 Å². The number of rotatable bonds is 7. The van der Waals surface area contributed by atoms with Crippen LogP contribution in [0.25, 0.3) is 11.1 Å². The molecule has 2 aliphatic rings. The monoisotopic (exact) mass is 460 g/mol. The molecule has 9 nitrogen and oxygen atoms in total. The van der Waals surface area contributed by atoms with Crippen molar-refractivity contribution < 1.29 is 24.2 Å². The molecular weight excluding hydrogens is 436 g/mol. The Hall–Kier alpha value is -4.14. The van der Waals surface area contributed by atoms with Crippen molar-refractivity contribution in [2.45, 2.75) is 24.8 Å². The van der Waals surface area contributed by atoms with Gasteiger partial charge in [0.15, 0.2) is 5.69 Å². The first-order valence-electron chi connectivity index (χ1n) is 11.1. The van der Waals surface area contributed by atoms with Gasteiger partial charge >= 0.3 is 12.1 Å². The van der Waals surface area contributed by atoms with E-state index in [4.69, 9.17) is 9.84 Å². The summed E-state index contributed by atoms with van der Waals surface area (Å²) >= 11 is 0. The summed E-state index contributed by atoms with van der Waals surface area (Å²) in [4.78, 5) is 37.8. The Bertz CT molecular complexity index is 1230. The van der Waals surface area contributed by atoms with Crippen molar-refractivity contribution in [3.05, 3.63) is 71.4 Å². The normalized spacial score (nSPS) is 14.3. The lowest BCUT2D eigenvalue weighted by Gasteiger charge is -2.18. The number of anilines is 1. The lowest BCUT2D eigenvalue weighted by atomic mass is 9.98. The summed E-state index contributed by atoms with van der Waals surface area (Å²) in [7, 11) is 1.59. The second-order valence-corrected chi connectivity index (χ2v) is 8.55. The second kappa shape index (κ2) is 8.66. The van der Waals surface area contributed by atoms with E-state index in [9.17, 15) is 14.4 Å². The molecule has 34 heavy (non-hydrogen) atoms. The number of hydrogen-bond donors (Lipinski definition) is 2. The zero-order valence-corrected chi connectivity index (χ0v) is 18.6. The lowest BCUT2D eigenvalue weighted by Crippen LogP contribution is -2.37. The second-order valence-electron chi connectivity index (χ2n) is 8.55.